The molecule has 172 valence electrons. The normalized spacial score (nSPS) is 15.4. The van der Waals surface area contributed by atoms with Crippen LogP contribution in [0.25, 0.3) is 0 Å². The number of benzene rings is 2. The van der Waals surface area contributed by atoms with Crippen LogP contribution in [0.4, 0.5) is 11.4 Å². The monoisotopic (exact) mass is 692 g/mol. The van der Waals surface area contributed by atoms with E-state index >= 15 is 0 Å². The fraction of sp³-hybridized carbons (Fsp3) is 0.364. The minimum absolute atomic E-state index is 0.181. The van der Waals surface area contributed by atoms with Gasteiger partial charge in [0, 0.05) is 44.1 Å². The maximum atomic E-state index is 9.43. The molecule has 2 aromatic carbocycles. The quantitative estimate of drug-likeness (QED) is 0.295. The number of halogens is 4. The van der Waals surface area contributed by atoms with E-state index in [1.165, 1.54) is 0 Å². The van der Waals surface area contributed by atoms with Crippen molar-refractivity contribution in [2.45, 2.75) is 25.0 Å². The molecule has 10 heteroatoms. The number of aliphatic hydroxyl groups is 2. The van der Waals surface area contributed by atoms with Gasteiger partial charge in [-0.25, -0.2) is 0 Å². The highest BCUT2D eigenvalue weighted by atomic mass is 79.9. The van der Waals surface area contributed by atoms with Gasteiger partial charge in [-0.3, -0.25) is 0 Å². The molecule has 2 atom stereocenters. The highest BCUT2D eigenvalue weighted by Crippen LogP contribution is 2.25. The van der Waals surface area contributed by atoms with Crippen molar-refractivity contribution in [2.24, 2.45) is 0 Å². The number of β-amino-alcohol motifs (C(OH)–C–C–N with tert-alkyl or cyclic N) is 1. The van der Waals surface area contributed by atoms with Gasteiger partial charge in [0.05, 0.1) is 23.3 Å². The van der Waals surface area contributed by atoms with Crippen molar-refractivity contribution in [3.63, 3.8) is 0 Å². The summed E-state index contributed by atoms with van der Waals surface area (Å²) in [5, 5.41) is 37.2. The Balaban J connectivity index is 0.000000262. The molecule has 1 saturated heterocycles. The van der Waals surface area contributed by atoms with E-state index in [9.17, 15) is 5.11 Å². The van der Waals surface area contributed by atoms with Gasteiger partial charge in [0.25, 0.3) is 0 Å². The molecule has 4 N–H and O–H groups in total. The number of anilines is 2. The molecular formula is C22H24Br4N4O2. The average Bonchev–Trinajstić information content (AvgIpc) is 3.23. The van der Waals surface area contributed by atoms with Crippen LogP contribution in [0.5, 0.6) is 0 Å². The molecular weight excluding hydrogens is 672 g/mol. The predicted molar refractivity (Wildman–Crippen MR) is 143 cm³/mol. The van der Waals surface area contributed by atoms with Crippen molar-refractivity contribution in [2.75, 3.05) is 34.4 Å². The molecule has 0 aromatic heterocycles. The van der Waals surface area contributed by atoms with Gasteiger partial charge in [0.2, 0.25) is 0 Å². The summed E-state index contributed by atoms with van der Waals surface area (Å²) in [6.45, 7) is 1.51. The van der Waals surface area contributed by atoms with Crippen molar-refractivity contribution in [3.8, 4) is 12.1 Å². The second kappa shape index (κ2) is 15.7. The summed E-state index contributed by atoms with van der Waals surface area (Å²) in [5.41, 5.74) is 8.25. The van der Waals surface area contributed by atoms with Crippen LogP contribution in [0.3, 0.4) is 0 Å². The first kappa shape index (κ1) is 28.9. The number of nitrogens with zero attached hydrogens (tertiary/aromatic N) is 3. The van der Waals surface area contributed by atoms with Crippen molar-refractivity contribution < 1.29 is 10.2 Å². The largest absolute Gasteiger partial charge is 0.399 e. The third-order valence-electron chi connectivity index (χ3n) is 4.33. The van der Waals surface area contributed by atoms with Gasteiger partial charge in [-0.05, 0) is 81.1 Å². The van der Waals surface area contributed by atoms with Gasteiger partial charge in [0.15, 0.2) is 0 Å². The molecule has 0 aliphatic carbocycles. The Bertz CT molecular complexity index is 947. The van der Waals surface area contributed by atoms with Crippen LogP contribution in [0.2, 0.25) is 0 Å². The number of nitrogen functional groups attached to an aromatic ring is 1. The molecule has 0 saturated carbocycles. The summed E-state index contributed by atoms with van der Waals surface area (Å²) in [4.78, 5) is 2.10. The van der Waals surface area contributed by atoms with E-state index in [1.54, 1.807) is 18.2 Å². The predicted octanol–water partition coefficient (Wildman–Crippen LogP) is 5.32. The Morgan fingerprint density at radius 1 is 1.06 bits per heavy atom. The van der Waals surface area contributed by atoms with Gasteiger partial charge < -0.3 is 20.8 Å². The van der Waals surface area contributed by atoms with E-state index < -0.39 is 0 Å². The van der Waals surface area contributed by atoms with Crippen LogP contribution in [-0.4, -0.2) is 46.2 Å². The second-order valence-corrected chi connectivity index (χ2v) is 9.95. The molecule has 1 fully saturated rings. The topological polar surface area (TPSA) is 117 Å². The number of alkyl halides is 2. The maximum absolute atomic E-state index is 9.43. The van der Waals surface area contributed by atoms with Gasteiger partial charge in [-0.2, -0.15) is 10.5 Å². The third kappa shape index (κ3) is 10.2. The van der Waals surface area contributed by atoms with Crippen molar-refractivity contribution in [3.05, 3.63) is 56.5 Å². The summed E-state index contributed by atoms with van der Waals surface area (Å²) >= 11 is 12.9. The van der Waals surface area contributed by atoms with E-state index in [0.29, 0.717) is 28.7 Å². The number of nitriles is 2. The summed E-state index contributed by atoms with van der Waals surface area (Å²) in [6.07, 6.45) is 1.21. The van der Waals surface area contributed by atoms with Crippen LogP contribution in [0, 0.1) is 22.7 Å². The lowest BCUT2D eigenvalue weighted by atomic mass is 10.2. The van der Waals surface area contributed by atoms with E-state index in [4.69, 9.17) is 21.4 Å². The molecule has 3 rings (SSSR count). The molecule has 6 nitrogen and oxygen atoms in total. The zero-order chi connectivity index (χ0) is 24.1. The first-order chi connectivity index (χ1) is 15.2. The Labute approximate surface area is 222 Å². The Hall–Kier alpha value is -1.14. The highest BCUT2D eigenvalue weighted by Gasteiger charge is 2.20. The minimum Gasteiger partial charge on any atom is -0.399 e. The zero-order valence-corrected chi connectivity index (χ0v) is 23.5. The van der Waals surface area contributed by atoms with Crippen molar-refractivity contribution in [1.82, 2.24) is 0 Å². The van der Waals surface area contributed by atoms with Gasteiger partial charge in [-0.1, -0.05) is 31.9 Å². The lowest BCUT2D eigenvalue weighted by Crippen LogP contribution is -2.21. The summed E-state index contributed by atoms with van der Waals surface area (Å²) in [7, 11) is 0. The number of hydrogen-bond donors (Lipinski definition) is 3. The molecule has 1 heterocycles. The molecule has 0 bridgehead atoms. The molecule has 1 aliphatic rings. The molecule has 0 spiro atoms. The molecule has 32 heavy (non-hydrogen) atoms. The maximum Gasteiger partial charge on any atom is 0.100 e. The average molecular weight is 696 g/mol. The van der Waals surface area contributed by atoms with Gasteiger partial charge >= 0.3 is 0 Å². The smallest absolute Gasteiger partial charge is 0.100 e. The summed E-state index contributed by atoms with van der Waals surface area (Å²) in [6, 6.07) is 15.0. The van der Waals surface area contributed by atoms with E-state index in [2.05, 4.69) is 74.7 Å². The standard InChI is InChI=1S/C11H11BrN2O.C7H5BrN2.C4H8Br2O/c12-11-2-1-9(5-8(11)6-13)14-4-3-10(15)7-14;8-7-2-1-6(10)3-5(7)4-9;5-2-1-4(7)3-6/h1-2,5,10,15H,3-4,7H2;1-3H,10H2;4,7H,1-3H2. The lowest BCUT2D eigenvalue weighted by Gasteiger charge is -2.18. The zero-order valence-electron chi connectivity index (χ0n) is 17.2. The molecule has 2 aromatic rings. The van der Waals surface area contributed by atoms with E-state index in [-0.39, 0.29) is 12.2 Å². The first-order valence-corrected chi connectivity index (χ1v) is 13.5. The van der Waals surface area contributed by atoms with Gasteiger partial charge in [0.1, 0.15) is 12.1 Å². The Kier molecular flexibility index (Phi) is 14.1. The number of rotatable bonds is 4. The van der Waals surface area contributed by atoms with Crippen LogP contribution in [-0.2, 0) is 0 Å². The van der Waals surface area contributed by atoms with Crippen LogP contribution in [0.1, 0.15) is 24.0 Å². The van der Waals surface area contributed by atoms with E-state index in [0.717, 1.165) is 39.3 Å². The summed E-state index contributed by atoms with van der Waals surface area (Å²) in [5.74, 6) is 0. The first-order valence-electron chi connectivity index (χ1n) is 9.63. The fourth-order valence-corrected chi connectivity index (χ4v) is 4.13. The highest BCUT2D eigenvalue weighted by molar-refractivity contribution is 9.11. The number of aliphatic hydroxyl groups excluding tert-OH is 2. The second-order valence-electron chi connectivity index (χ2n) is 6.80. The van der Waals surface area contributed by atoms with E-state index in [1.807, 2.05) is 24.3 Å². The number of nitrogens with two attached hydrogens (primary N) is 1. The Morgan fingerprint density at radius 3 is 2.09 bits per heavy atom. The molecule has 0 radical (unpaired) electrons. The summed E-state index contributed by atoms with van der Waals surface area (Å²) < 4.78 is 1.60. The van der Waals surface area contributed by atoms with Crippen molar-refractivity contribution in [1.29, 1.82) is 10.5 Å². The molecule has 0 amide bonds. The lowest BCUT2D eigenvalue weighted by molar-refractivity contribution is 0.198. The number of hydrogen-bond acceptors (Lipinski definition) is 6. The SMILES string of the molecule is N#Cc1cc(N)ccc1Br.N#Cc1cc(N2CCC(O)C2)ccc1Br.OC(CBr)CCBr. The fourth-order valence-electron chi connectivity index (χ4n) is 2.60. The van der Waals surface area contributed by atoms with Crippen LogP contribution in [0.15, 0.2) is 45.3 Å². The van der Waals surface area contributed by atoms with Crippen LogP contribution < -0.4 is 10.6 Å². The molecule has 2 unspecified atom stereocenters. The third-order valence-corrected chi connectivity index (χ3v) is 6.92. The van der Waals surface area contributed by atoms with Crippen molar-refractivity contribution >= 4 is 75.1 Å². The van der Waals surface area contributed by atoms with Gasteiger partial charge in [-0.15, -0.1) is 0 Å². The Morgan fingerprint density at radius 2 is 1.66 bits per heavy atom. The molecule has 1 aliphatic heterocycles. The van der Waals surface area contributed by atoms with Crippen LogP contribution >= 0.6 is 63.7 Å². The minimum atomic E-state index is -0.237.